The van der Waals surface area contributed by atoms with Crippen LogP contribution in [0.1, 0.15) is 12.0 Å². The van der Waals surface area contributed by atoms with Gasteiger partial charge in [-0.1, -0.05) is 12.1 Å². The van der Waals surface area contributed by atoms with Crippen molar-refractivity contribution in [2.45, 2.75) is 12.8 Å². The summed E-state index contributed by atoms with van der Waals surface area (Å²) in [7, 11) is 4.01. The number of nitrogens with zero attached hydrogens (tertiary/aromatic N) is 3. The maximum absolute atomic E-state index is 5.83. The van der Waals surface area contributed by atoms with Gasteiger partial charge in [0.25, 0.3) is 0 Å². The molecule has 4 heteroatoms. The largest absolute Gasteiger partial charge is 0.384 e. The Balaban J connectivity index is 2.06. The molecule has 0 atom stereocenters. The maximum atomic E-state index is 5.83. The number of aromatic nitrogens is 2. The fourth-order valence-electron chi connectivity index (χ4n) is 2.54. The van der Waals surface area contributed by atoms with Gasteiger partial charge in [-0.05, 0) is 24.5 Å². The Labute approximate surface area is 107 Å². The molecule has 1 aromatic carbocycles. The lowest BCUT2D eigenvalue weighted by atomic mass is 9.99. The van der Waals surface area contributed by atoms with Gasteiger partial charge in [0.1, 0.15) is 5.82 Å². The fraction of sp³-hybridized carbons (Fsp3) is 0.357. The Bertz CT molecular complexity index is 566. The highest BCUT2D eigenvalue weighted by atomic mass is 15.3. The van der Waals surface area contributed by atoms with Crippen LogP contribution in [-0.2, 0) is 13.5 Å². The second kappa shape index (κ2) is 4.05. The van der Waals surface area contributed by atoms with Crippen molar-refractivity contribution < 1.29 is 0 Å². The molecule has 1 aliphatic rings. The standard InChI is InChI=1S/C14H18N4/c1-17-7-3-4-10-5-6-11(8-13(10)17)12-9-14(15)18(2)16-12/h5-6,8-9H,3-4,7,15H2,1-2H3. The summed E-state index contributed by atoms with van der Waals surface area (Å²) in [4.78, 5) is 2.31. The van der Waals surface area contributed by atoms with E-state index in [1.54, 1.807) is 4.68 Å². The van der Waals surface area contributed by atoms with Gasteiger partial charge in [-0.15, -0.1) is 0 Å². The van der Waals surface area contributed by atoms with Gasteiger partial charge in [-0.3, -0.25) is 4.68 Å². The molecule has 0 saturated carbocycles. The third kappa shape index (κ3) is 1.74. The first kappa shape index (κ1) is 11.1. The molecule has 0 unspecified atom stereocenters. The third-order valence-corrected chi connectivity index (χ3v) is 3.65. The van der Waals surface area contributed by atoms with Crippen molar-refractivity contribution in [3.63, 3.8) is 0 Å². The van der Waals surface area contributed by atoms with Crippen LogP contribution in [0.4, 0.5) is 11.5 Å². The minimum Gasteiger partial charge on any atom is -0.384 e. The fourth-order valence-corrected chi connectivity index (χ4v) is 2.54. The van der Waals surface area contributed by atoms with Crippen LogP contribution in [0, 0.1) is 0 Å². The van der Waals surface area contributed by atoms with E-state index >= 15 is 0 Å². The number of anilines is 2. The summed E-state index contributed by atoms with van der Waals surface area (Å²) in [6.45, 7) is 1.13. The number of fused-ring (bicyclic) bond motifs is 1. The first-order chi connectivity index (χ1) is 8.65. The van der Waals surface area contributed by atoms with Crippen LogP contribution < -0.4 is 10.6 Å². The molecule has 2 aromatic rings. The van der Waals surface area contributed by atoms with E-state index in [2.05, 4.69) is 35.2 Å². The molecular weight excluding hydrogens is 224 g/mol. The van der Waals surface area contributed by atoms with Gasteiger partial charge in [0.2, 0.25) is 0 Å². The zero-order valence-electron chi connectivity index (χ0n) is 10.8. The molecule has 2 heterocycles. The van der Waals surface area contributed by atoms with E-state index in [1.807, 2.05) is 13.1 Å². The molecule has 0 spiro atoms. The zero-order valence-corrected chi connectivity index (χ0v) is 10.8. The normalized spacial score (nSPS) is 14.7. The minimum absolute atomic E-state index is 0.691. The summed E-state index contributed by atoms with van der Waals surface area (Å²) in [6.07, 6.45) is 2.41. The monoisotopic (exact) mass is 242 g/mol. The SMILES string of the molecule is CN1CCCc2ccc(-c3cc(N)n(C)n3)cc21. The molecule has 94 valence electrons. The topological polar surface area (TPSA) is 47.1 Å². The number of benzene rings is 1. The Morgan fingerprint density at radius 1 is 1.22 bits per heavy atom. The number of hydrogen-bond donors (Lipinski definition) is 1. The number of rotatable bonds is 1. The predicted molar refractivity (Wildman–Crippen MR) is 74.6 cm³/mol. The van der Waals surface area contributed by atoms with E-state index < -0.39 is 0 Å². The van der Waals surface area contributed by atoms with Crippen molar-refractivity contribution >= 4 is 11.5 Å². The summed E-state index contributed by atoms with van der Waals surface area (Å²) in [6, 6.07) is 8.49. The number of hydrogen-bond acceptors (Lipinski definition) is 3. The van der Waals surface area contributed by atoms with E-state index in [1.165, 1.54) is 24.1 Å². The highest BCUT2D eigenvalue weighted by Gasteiger charge is 2.15. The summed E-state index contributed by atoms with van der Waals surface area (Å²) in [5.74, 6) is 0.691. The lowest BCUT2D eigenvalue weighted by Gasteiger charge is -2.27. The molecule has 0 aliphatic carbocycles. The Morgan fingerprint density at radius 2 is 2.06 bits per heavy atom. The molecule has 0 bridgehead atoms. The average Bonchev–Trinajstić information content (AvgIpc) is 2.70. The van der Waals surface area contributed by atoms with Gasteiger partial charge in [0.05, 0.1) is 5.69 Å². The third-order valence-electron chi connectivity index (χ3n) is 3.65. The van der Waals surface area contributed by atoms with Gasteiger partial charge in [-0.2, -0.15) is 5.10 Å². The smallest absolute Gasteiger partial charge is 0.121 e. The first-order valence-electron chi connectivity index (χ1n) is 6.29. The summed E-state index contributed by atoms with van der Waals surface area (Å²) < 4.78 is 1.71. The van der Waals surface area contributed by atoms with E-state index in [-0.39, 0.29) is 0 Å². The molecule has 2 N–H and O–H groups in total. The molecule has 18 heavy (non-hydrogen) atoms. The van der Waals surface area contributed by atoms with Crippen LogP contribution in [0.5, 0.6) is 0 Å². The second-order valence-corrected chi connectivity index (χ2v) is 4.95. The maximum Gasteiger partial charge on any atom is 0.121 e. The zero-order chi connectivity index (χ0) is 12.7. The van der Waals surface area contributed by atoms with Crippen LogP contribution in [0.15, 0.2) is 24.3 Å². The van der Waals surface area contributed by atoms with E-state index in [0.29, 0.717) is 5.82 Å². The average molecular weight is 242 g/mol. The van der Waals surface area contributed by atoms with E-state index in [0.717, 1.165) is 17.8 Å². The number of nitrogen functional groups attached to an aromatic ring is 1. The predicted octanol–water partition coefficient (Wildman–Crippen LogP) is 2.05. The quantitative estimate of drug-likeness (QED) is 0.832. The lowest BCUT2D eigenvalue weighted by Crippen LogP contribution is -2.24. The van der Waals surface area contributed by atoms with Crippen molar-refractivity contribution in [3.8, 4) is 11.3 Å². The first-order valence-corrected chi connectivity index (χ1v) is 6.29. The van der Waals surface area contributed by atoms with Crippen LogP contribution in [-0.4, -0.2) is 23.4 Å². The Morgan fingerprint density at radius 3 is 2.78 bits per heavy atom. The molecule has 1 aromatic heterocycles. The molecule has 1 aliphatic heterocycles. The summed E-state index contributed by atoms with van der Waals surface area (Å²) >= 11 is 0. The number of aryl methyl sites for hydroxylation is 2. The van der Waals surface area contributed by atoms with Gasteiger partial charge in [0, 0.05) is 38.0 Å². The lowest BCUT2D eigenvalue weighted by molar-refractivity contribution is 0.744. The highest BCUT2D eigenvalue weighted by Crippen LogP contribution is 2.31. The van der Waals surface area contributed by atoms with E-state index in [9.17, 15) is 0 Å². The van der Waals surface area contributed by atoms with Crippen LogP contribution >= 0.6 is 0 Å². The van der Waals surface area contributed by atoms with Crippen molar-refractivity contribution in [3.05, 3.63) is 29.8 Å². The minimum atomic E-state index is 0.691. The summed E-state index contributed by atoms with van der Waals surface area (Å²) in [5, 5.41) is 4.43. The van der Waals surface area contributed by atoms with Gasteiger partial charge in [-0.25, -0.2) is 0 Å². The van der Waals surface area contributed by atoms with E-state index in [4.69, 9.17) is 5.73 Å². The van der Waals surface area contributed by atoms with Crippen molar-refractivity contribution in [2.24, 2.45) is 7.05 Å². The van der Waals surface area contributed by atoms with Crippen LogP contribution in [0.3, 0.4) is 0 Å². The molecule has 0 saturated heterocycles. The van der Waals surface area contributed by atoms with Gasteiger partial charge >= 0.3 is 0 Å². The molecular formula is C14H18N4. The second-order valence-electron chi connectivity index (χ2n) is 4.95. The Kier molecular flexibility index (Phi) is 2.51. The molecule has 0 radical (unpaired) electrons. The molecule has 4 nitrogen and oxygen atoms in total. The number of nitrogens with two attached hydrogens (primary N) is 1. The summed E-state index contributed by atoms with van der Waals surface area (Å²) in [5.41, 5.74) is 10.7. The molecule has 0 fully saturated rings. The molecule has 0 amide bonds. The van der Waals surface area contributed by atoms with Crippen LogP contribution in [0.25, 0.3) is 11.3 Å². The molecule has 3 rings (SSSR count). The van der Waals surface area contributed by atoms with Crippen molar-refractivity contribution in [1.29, 1.82) is 0 Å². The van der Waals surface area contributed by atoms with Crippen molar-refractivity contribution in [2.75, 3.05) is 24.2 Å². The van der Waals surface area contributed by atoms with Crippen LogP contribution in [0.2, 0.25) is 0 Å². The van der Waals surface area contributed by atoms with Crippen molar-refractivity contribution in [1.82, 2.24) is 9.78 Å². The Hall–Kier alpha value is -1.97. The van der Waals surface area contributed by atoms with Gasteiger partial charge < -0.3 is 10.6 Å². The van der Waals surface area contributed by atoms with Gasteiger partial charge in [0.15, 0.2) is 0 Å². The highest BCUT2D eigenvalue weighted by molar-refractivity contribution is 5.70.